The fourth-order valence-corrected chi connectivity index (χ4v) is 3.13. The normalized spacial score (nSPS) is 12.4. The van der Waals surface area contributed by atoms with Crippen molar-refractivity contribution in [2.24, 2.45) is 5.73 Å². The second kappa shape index (κ2) is 6.67. The number of thioether (sulfide) groups is 1. The van der Waals surface area contributed by atoms with Gasteiger partial charge in [0.05, 0.1) is 10.0 Å². The monoisotopic (exact) mass is 311 g/mol. The molecule has 0 aromatic heterocycles. The molecule has 0 aliphatic rings. The van der Waals surface area contributed by atoms with Crippen LogP contribution in [0.4, 0.5) is 0 Å². The quantitative estimate of drug-likeness (QED) is 0.795. The SMILES string of the molecule is Cc1ccccc1C(N)CSc1ccc(Cl)c(Cl)c1. The number of hydrogen-bond acceptors (Lipinski definition) is 2. The highest BCUT2D eigenvalue weighted by molar-refractivity contribution is 7.99. The van der Waals surface area contributed by atoms with E-state index in [1.54, 1.807) is 11.8 Å². The molecule has 1 atom stereocenters. The molecule has 2 N–H and O–H groups in total. The summed E-state index contributed by atoms with van der Waals surface area (Å²) in [7, 11) is 0. The van der Waals surface area contributed by atoms with Gasteiger partial charge in [-0.3, -0.25) is 0 Å². The molecule has 4 heteroatoms. The van der Waals surface area contributed by atoms with Crippen molar-refractivity contribution in [2.75, 3.05) is 5.75 Å². The predicted octanol–water partition coefficient (Wildman–Crippen LogP) is 5.09. The molecule has 0 saturated carbocycles. The largest absolute Gasteiger partial charge is 0.323 e. The third-order valence-corrected chi connectivity index (χ3v) is 4.76. The minimum Gasteiger partial charge on any atom is -0.323 e. The standard InChI is InChI=1S/C15H15Cl2NS/c1-10-4-2-3-5-12(10)15(18)9-19-11-6-7-13(16)14(17)8-11/h2-8,15H,9,18H2,1H3. The maximum Gasteiger partial charge on any atom is 0.0603 e. The lowest BCUT2D eigenvalue weighted by Crippen LogP contribution is -2.14. The van der Waals surface area contributed by atoms with Gasteiger partial charge in [-0.2, -0.15) is 0 Å². The highest BCUT2D eigenvalue weighted by Gasteiger charge is 2.09. The average Bonchev–Trinajstić information content (AvgIpc) is 2.40. The van der Waals surface area contributed by atoms with Crippen molar-refractivity contribution in [3.63, 3.8) is 0 Å². The van der Waals surface area contributed by atoms with Crippen molar-refractivity contribution in [1.29, 1.82) is 0 Å². The molecule has 0 aliphatic heterocycles. The van der Waals surface area contributed by atoms with E-state index in [9.17, 15) is 0 Å². The summed E-state index contributed by atoms with van der Waals surface area (Å²) in [5.74, 6) is 0.808. The van der Waals surface area contributed by atoms with Gasteiger partial charge in [0.15, 0.2) is 0 Å². The topological polar surface area (TPSA) is 26.0 Å². The van der Waals surface area contributed by atoms with Crippen molar-refractivity contribution in [2.45, 2.75) is 17.9 Å². The molecule has 0 amide bonds. The van der Waals surface area contributed by atoms with Gasteiger partial charge in [-0.1, -0.05) is 47.5 Å². The molecule has 2 aromatic carbocycles. The number of halogens is 2. The highest BCUT2D eigenvalue weighted by atomic mass is 35.5. The van der Waals surface area contributed by atoms with Gasteiger partial charge in [-0.15, -0.1) is 11.8 Å². The summed E-state index contributed by atoms with van der Waals surface area (Å²) in [6, 6.07) is 13.9. The Morgan fingerprint density at radius 1 is 1.11 bits per heavy atom. The van der Waals surface area contributed by atoms with Crippen LogP contribution < -0.4 is 5.73 Å². The molecule has 1 unspecified atom stereocenters. The molecule has 0 radical (unpaired) electrons. The zero-order valence-electron chi connectivity index (χ0n) is 10.6. The van der Waals surface area contributed by atoms with Crippen molar-refractivity contribution < 1.29 is 0 Å². The summed E-state index contributed by atoms with van der Waals surface area (Å²) in [6.07, 6.45) is 0. The summed E-state index contributed by atoms with van der Waals surface area (Å²) in [5.41, 5.74) is 8.65. The molecule has 0 bridgehead atoms. The Balaban J connectivity index is 2.02. The highest BCUT2D eigenvalue weighted by Crippen LogP contribution is 2.30. The molecule has 19 heavy (non-hydrogen) atoms. The van der Waals surface area contributed by atoms with E-state index in [0.29, 0.717) is 10.0 Å². The Morgan fingerprint density at radius 2 is 1.84 bits per heavy atom. The van der Waals surface area contributed by atoms with Gasteiger partial charge in [0.1, 0.15) is 0 Å². The number of hydrogen-bond donors (Lipinski definition) is 1. The molecule has 100 valence electrons. The summed E-state index contributed by atoms with van der Waals surface area (Å²) in [5, 5.41) is 1.16. The molecule has 0 spiro atoms. The fraction of sp³-hybridized carbons (Fsp3) is 0.200. The smallest absolute Gasteiger partial charge is 0.0603 e. The van der Waals surface area contributed by atoms with Crippen molar-refractivity contribution in [3.05, 3.63) is 63.6 Å². The Hall–Kier alpha value is -0.670. The Kier molecular flexibility index (Phi) is 5.17. The van der Waals surface area contributed by atoms with Crippen molar-refractivity contribution >= 4 is 35.0 Å². The van der Waals surface area contributed by atoms with Crippen LogP contribution in [0.25, 0.3) is 0 Å². The maximum absolute atomic E-state index is 6.23. The fourth-order valence-electron chi connectivity index (χ4n) is 1.85. The van der Waals surface area contributed by atoms with Gasteiger partial charge >= 0.3 is 0 Å². The molecule has 0 aliphatic carbocycles. The van der Waals surface area contributed by atoms with Crippen LogP contribution in [0.15, 0.2) is 47.4 Å². The van der Waals surface area contributed by atoms with Crippen molar-refractivity contribution in [1.82, 2.24) is 0 Å². The maximum atomic E-state index is 6.23. The third kappa shape index (κ3) is 3.90. The van der Waals surface area contributed by atoms with Gasteiger partial charge in [0.25, 0.3) is 0 Å². The third-order valence-electron chi connectivity index (χ3n) is 2.91. The second-order valence-electron chi connectivity index (χ2n) is 4.35. The first kappa shape index (κ1) is 14.7. The molecule has 0 saturated heterocycles. The van der Waals surface area contributed by atoms with E-state index in [0.717, 1.165) is 10.6 Å². The van der Waals surface area contributed by atoms with Crippen LogP contribution in [0.2, 0.25) is 10.0 Å². The Morgan fingerprint density at radius 3 is 2.53 bits per heavy atom. The Labute approximate surface area is 128 Å². The van der Waals surface area contributed by atoms with Gasteiger partial charge in [0.2, 0.25) is 0 Å². The first-order valence-corrected chi connectivity index (χ1v) is 7.71. The van der Waals surface area contributed by atoms with Crippen LogP contribution in [-0.4, -0.2) is 5.75 Å². The van der Waals surface area contributed by atoms with E-state index in [-0.39, 0.29) is 6.04 Å². The van der Waals surface area contributed by atoms with Gasteiger partial charge in [-0.05, 0) is 36.2 Å². The minimum atomic E-state index is 0.0145. The predicted molar refractivity (Wildman–Crippen MR) is 85.3 cm³/mol. The molecule has 2 aromatic rings. The Bertz CT molecular complexity index is 572. The summed E-state index contributed by atoms with van der Waals surface area (Å²) < 4.78 is 0. The first-order valence-electron chi connectivity index (χ1n) is 5.97. The van der Waals surface area contributed by atoms with Crippen LogP contribution in [-0.2, 0) is 0 Å². The molecular weight excluding hydrogens is 297 g/mol. The van der Waals surface area contributed by atoms with E-state index in [1.165, 1.54) is 11.1 Å². The van der Waals surface area contributed by atoms with Crippen LogP contribution in [0, 0.1) is 6.92 Å². The number of aryl methyl sites for hydroxylation is 1. The molecule has 2 rings (SSSR count). The lowest BCUT2D eigenvalue weighted by molar-refractivity contribution is 0.823. The lowest BCUT2D eigenvalue weighted by atomic mass is 10.0. The average molecular weight is 312 g/mol. The molecule has 1 nitrogen and oxygen atoms in total. The van der Waals surface area contributed by atoms with Crippen LogP contribution in [0.3, 0.4) is 0 Å². The van der Waals surface area contributed by atoms with Gasteiger partial charge in [0, 0.05) is 16.7 Å². The van der Waals surface area contributed by atoms with Crippen LogP contribution in [0.1, 0.15) is 17.2 Å². The molecular formula is C15H15Cl2NS. The number of benzene rings is 2. The van der Waals surface area contributed by atoms with E-state index >= 15 is 0 Å². The van der Waals surface area contributed by atoms with E-state index in [4.69, 9.17) is 28.9 Å². The number of nitrogens with two attached hydrogens (primary N) is 1. The van der Waals surface area contributed by atoms with E-state index in [1.807, 2.05) is 30.3 Å². The van der Waals surface area contributed by atoms with Gasteiger partial charge < -0.3 is 5.73 Å². The van der Waals surface area contributed by atoms with E-state index in [2.05, 4.69) is 19.1 Å². The first-order chi connectivity index (χ1) is 9.08. The number of rotatable bonds is 4. The zero-order valence-corrected chi connectivity index (χ0v) is 12.9. The second-order valence-corrected chi connectivity index (χ2v) is 6.26. The van der Waals surface area contributed by atoms with E-state index < -0.39 is 0 Å². The van der Waals surface area contributed by atoms with Crippen molar-refractivity contribution in [3.8, 4) is 0 Å². The molecule has 0 fully saturated rings. The summed E-state index contributed by atoms with van der Waals surface area (Å²) in [4.78, 5) is 1.08. The minimum absolute atomic E-state index is 0.0145. The summed E-state index contributed by atoms with van der Waals surface area (Å²) in [6.45, 7) is 2.08. The summed E-state index contributed by atoms with van der Waals surface area (Å²) >= 11 is 13.6. The van der Waals surface area contributed by atoms with Crippen LogP contribution in [0.5, 0.6) is 0 Å². The van der Waals surface area contributed by atoms with Crippen LogP contribution >= 0.6 is 35.0 Å². The molecule has 0 heterocycles. The zero-order chi connectivity index (χ0) is 13.8. The van der Waals surface area contributed by atoms with Gasteiger partial charge in [-0.25, -0.2) is 0 Å². The lowest BCUT2D eigenvalue weighted by Gasteiger charge is -2.14.